The van der Waals surface area contributed by atoms with Crippen molar-refractivity contribution >= 4 is 0 Å². The van der Waals surface area contributed by atoms with Crippen LogP contribution in [0.1, 0.15) is 12.0 Å². The van der Waals surface area contributed by atoms with Crippen LogP contribution in [-0.4, -0.2) is 11.3 Å². The zero-order valence-corrected chi connectivity index (χ0v) is 10.3. The van der Waals surface area contributed by atoms with Crippen molar-refractivity contribution in [3.8, 4) is 0 Å². The second kappa shape index (κ2) is 4.66. The number of aryl methyl sites for hydroxylation is 1. The Morgan fingerprint density at radius 3 is 2.11 bits per heavy atom. The first kappa shape index (κ1) is 13.0. The first-order chi connectivity index (χ1) is 8.41. The maximum absolute atomic E-state index is 5.92. The van der Waals surface area contributed by atoms with Crippen molar-refractivity contribution in [3.05, 3.63) is 59.7 Å². The Labute approximate surface area is 107 Å². The van der Waals surface area contributed by atoms with Crippen molar-refractivity contribution in [3.63, 3.8) is 0 Å². The average Bonchev–Trinajstić information content (AvgIpc) is 2.32. The van der Waals surface area contributed by atoms with Crippen LogP contribution in [0.5, 0.6) is 0 Å². The summed E-state index contributed by atoms with van der Waals surface area (Å²) < 4.78 is 0. The molecule has 0 saturated carbocycles. The molecular formula is C14H20N4. The SMILES string of the molecule is NC1(N)C=CC(CCc2ccccc2)=CC1(N)N. The molecule has 0 radical (unpaired) electrons. The third-order valence-electron chi connectivity index (χ3n) is 3.29. The predicted molar refractivity (Wildman–Crippen MR) is 74.2 cm³/mol. The molecule has 0 saturated heterocycles. The summed E-state index contributed by atoms with van der Waals surface area (Å²) in [5.74, 6) is 0. The van der Waals surface area contributed by atoms with Gasteiger partial charge >= 0.3 is 0 Å². The fraction of sp³-hybridized carbons (Fsp3) is 0.286. The maximum atomic E-state index is 5.92. The van der Waals surface area contributed by atoms with Crippen LogP contribution in [0.2, 0.25) is 0 Å². The minimum atomic E-state index is -1.20. The summed E-state index contributed by atoms with van der Waals surface area (Å²) in [6.45, 7) is 0. The van der Waals surface area contributed by atoms with E-state index in [2.05, 4.69) is 12.1 Å². The van der Waals surface area contributed by atoms with Crippen LogP contribution in [0, 0.1) is 0 Å². The molecule has 0 atom stereocenters. The summed E-state index contributed by atoms with van der Waals surface area (Å²) in [7, 11) is 0. The van der Waals surface area contributed by atoms with Gasteiger partial charge in [-0.15, -0.1) is 0 Å². The van der Waals surface area contributed by atoms with E-state index in [1.807, 2.05) is 24.3 Å². The van der Waals surface area contributed by atoms with Crippen molar-refractivity contribution in [1.29, 1.82) is 0 Å². The van der Waals surface area contributed by atoms with Crippen molar-refractivity contribution < 1.29 is 0 Å². The Bertz CT molecular complexity index is 472. The summed E-state index contributed by atoms with van der Waals surface area (Å²) in [4.78, 5) is 0. The monoisotopic (exact) mass is 244 g/mol. The molecule has 4 nitrogen and oxygen atoms in total. The lowest BCUT2D eigenvalue weighted by Crippen LogP contribution is -2.75. The van der Waals surface area contributed by atoms with Crippen molar-refractivity contribution in [2.45, 2.75) is 24.2 Å². The van der Waals surface area contributed by atoms with Crippen LogP contribution in [0.4, 0.5) is 0 Å². The summed E-state index contributed by atoms with van der Waals surface area (Å²) >= 11 is 0. The van der Waals surface area contributed by atoms with E-state index in [-0.39, 0.29) is 0 Å². The van der Waals surface area contributed by atoms with Crippen LogP contribution in [0.3, 0.4) is 0 Å². The highest BCUT2D eigenvalue weighted by Gasteiger charge is 2.38. The summed E-state index contributed by atoms with van der Waals surface area (Å²) in [5.41, 5.74) is 23.4. The summed E-state index contributed by atoms with van der Waals surface area (Å²) in [5, 5.41) is 0. The van der Waals surface area contributed by atoms with Crippen LogP contribution < -0.4 is 22.9 Å². The Kier molecular flexibility index (Phi) is 3.36. The van der Waals surface area contributed by atoms with Crippen LogP contribution >= 0.6 is 0 Å². The molecule has 0 spiro atoms. The molecule has 96 valence electrons. The van der Waals surface area contributed by atoms with Gasteiger partial charge in [0.15, 0.2) is 0 Å². The van der Waals surface area contributed by atoms with Gasteiger partial charge in [0.05, 0.1) is 0 Å². The zero-order chi connectivity index (χ0) is 13.2. The van der Waals surface area contributed by atoms with E-state index in [9.17, 15) is 0 Å². The molecule has 1 aromatic rings. The quantitative estimate of drug-likeness (QED) is 0.576. The number of nitrogens with two attached hydrogens (primary N) is 4. The first-order valence-corrected chi connectivity index (χ1v) is 6.01. The standard InChI is InChI=1S/C14H20N4/c15-13(16)9-8-12(10-14(13,17)18)7-6-11-4-2-1-3-5-11/h1-5,8-10H,6-7,15-18H2. The maximum Gasteiger partial charge on any atom is 0.119 e. The molecule has 1 aromatic carbocycles. The number of benzene rings is 1. The minimum absolute atomic E-state index is 0.868. The Morgan fingerprint density at radius 2 is 1.50 bits per heavy atom. The van der Waals surface area contributed by atoms with Crippen LogP contribution in [0.15, 0.2) is 54.1 Å². The van der Waals surface area contributed by atoms with Gasteiger partial charge in [0.1, 0.15) is 11.3 Å². The van der Waals surface area contributed by atoms with Gasteiger partial charge in [0.2, 0.25) is 0 Å². The van der Waals surface area contributed by atoms with E-state index < -0.39 is 11.3 Å². The highest BCUT2D eigenvalue weighted by Crippen LogP contribution is 2.22. The highest BCUT2D eigenvalue weighted by molar-refractivity contribution is 5.37. The molecule has 1 aliphatic rings. The molecular weight excluding hydrogens is 224 g/mol. The number of hydrogen-bond acceptors (Lipinski definition) is 4. The molecule has 0 heterocycles. The number of allylic oxidation sites excluding steroid dienone is 2. The fourth-order valence-corrected chi connectivity index (χ4v) is 1.96. The fourth-order valence-electron chi connectivity index (χ4n) is 1.96. The van der Waals surface area contributed by atoms with Gasteiger partial charge in [0, 0.05) is 0 Å². The van der Waals surface area contributed by atoms with Crippen LogP contribution in [0.25, 0.3) is 0 Å². The van der Waals surface area contributed by atoms with E-state index >= 15 is 0 Å². The molecule has 2 rings (SSSR count). The van der Waals surface area contributed by atoms with Gasteiger partial charge in [-0.2, -0.15) is 0 Å². The molecule has 0 aromatic heterocycles. The average molecular weight is 244 g/mol. The van der Waals surface area contributed by atoms with Crippen LogP contribution in [-0.2, 0) is 6.42 Å². The smallest absolute Gasteiger partial charge is 0.119 e. The van der Waals surface area contributed by atoms with E-state index in [4.69, 9.17) is 22.9 Å². The van der Waals surface area contributed by atoms with Gasteiger partial charge in [-0.05, 0) is 36.1 Å². The zero-order valence-electron chi connectivity index (χ0n) is 10.3. The molecule has 0 unspecified atom stereocenters. The molecule has 4 heteroatoms. The van der Waals surface area contributed by atoms with Gasteiger partial charge in [-0.25, -0.2) is 0 Å². The van der Waals surface area contributed by atoms with Crippen molar-refractivity contribution in [2.24, 2.45) is 22.9 Å². The van der Waals surface area contributed by atoms with Gasteiger partial charge < -0.3 is 22.9 Å². The highest BCUT2D eigenvalue weighted by atomic mass is 15.1. The van der Waals surface area contributed by atoms with Gasteiger partial charge in [-0.1, -0.05) is 36.4 Å². The molecule has 8 N–H and O–H groups in total. The van der Waals surface area contributed by atoms with E-state index in [0.717, 1.165) is 18.4 Å². The molecule has 0 fully saturated rings. The Morgan fingerprint density at radius 1 is 0.833 bits per heavy atom. The topological polar surface area (TPSA) is 104 Å². The second-order valence-electron chi connectivity index (χ2n) is 4.90. The first-order valence-electron chi connectivity index (χ1n) is 6.01. The normalized spacial score (nSPS) is 20.6. The lowest BCUT2D eigenvalue weighted by Gasteiger charge is -2.38. The molecule has 0 aliphatic heterocycles. The van der Waals surface area contributed by atoms with Crippen molar-refractivity contribution in [2.75, 3.05) is 0 Å². The molecule has 1 aliphatic carbocycles. The molecule has 18 heavy (non-hydrogen) atoms. The largest absolute Gasteiger partial charge is 0.307 e. The van der Waals surface area contributed by atoms with E-state index in [1.165, 1.54) is 5.56 Å². The Hall–Kier alpha value is -1.46. The second-order valence-corrected chi connectivity index (χ2v) is 4.90. The van der Waals surface area contributed by atoms with Crippen molar-refractivity contribution in [1.82, 2.24) is 0 Å². The summed E-state index contributed by atoms with van der Waals surface area (Å²) in [6.07, 6.45) is 7.14. The van der Waals surface area contributed by atoms with E-state index in [0.29, 0.717) is 0 Å². The lowest BCUT2D eigenvalue weighted by atomic mass is 9.86. The predicted octanol–water partition coefficient (Wildman–Crippen LogP) is 0.343. The lowest BCUT2D eigenvalue weighted by molar-refractivity contribution is 0.345. The van der Waals surface area contributed by atoms with Gasteiger partial charge in [0.25, 0.3) is 0 Å². The van der Waals surface area contributed by atoms with Gasteiger partial charge in [-0.3, -0.25) is 0 Å². The molecule has 0 amide bonds. The summed E-state index contributed by atoms with van der Waals surface area (Å²) in [6, 6.07) is 10.3. The number of rotatable bonds is 3. The van der Waals surface area contributed by atoms with E-state index in [1.54, 1.807) is 12.2 Å². The molecule has 0 bridgehead atoms. The third kappa shape index (κ3) is 2.68. The third-order valence-corrected chi connectivity index (χ3v) is 3.29. The number of hydrogen-bond donors (Lipinski definition) is 4. The Balaban J connectivity index is 2.04. The minimum Gasteiger partial charge on any atom is -0.307 e.